The van der Waals surface area contributed by atoms with Crippen molar-refractivity contribution in [3.8, 4) is 0 Å². The number of rotatable bonds is 4. The van der Waals surface area contributed by atoms with Gasteiger partial charge in [-0.3, -0.25) is 4.79 Å². The van der Waals surface area contributed by atoms with Crippen LogP contribution in [0.3, 0.4) is 0 Å². The fourth-order valence-corrected chi connectivity index (χ4v) is 1.56. The van der Waals surface area contributed by atoms with Crippen LogP contribution < -0.4 is 5.73 Å². The van der Waals surface area contributed by atoms with Gasteiger partial charge in [-0.2, -0.15) is 0 Å². The van der Waals surface area contributed by atoms with Gasteiger partial charge >= 0.3 is 0 Å². The molecule has 108 valence electrons. The smallest absolute Gasteiger partial charge is 0.226 e. The zero-order chi connectivity index (χ0) is 13.9. The summed E-state index contributed by atoms with van der Waals surface area (Å²) in [7, 11) is 1.57. The molecule has 1 rings (SSSR count). The Morgan fingerprint density at radius 3 is 2.42 bits per heavy atom. The zero-order valence-corrected chi connectivity index (χ0v) is 12.0. The minimum atomic E-state index is -0.650. The summed E-state index contributed by atoms with van der Waals surface area (Å²) in [4.78, 5) is 13.3. The van der Waals surface area contributed by atoms with Crippen LogP contribution in [0.1, 0.15) is 19.4 Å². The third-order valence-corrected chi connectivity index (χ3v) is 2.98. The molecule has 0 saturated carbocycles. The van der Waals surface area contributed by atoms with Crippen LogP contribution in [0.5, 0.6) is 0 Å². The lowest BCUT2D eigenvalue weighted by molar-refractivity contribution is -0.134. The van der Waals surface area contributed by atoms with Gasteiger partial charge in [0.25, 0.3) is 0 Å². The SMILES string of the molecule is CC(N)C(C)C(=O)N(C)Cc1ccc(F)cc1F.Cl. The van der Waals surface area contributed by atoms with Crippen LogP contribution in [0.2, 0.25) is 0 Å². The van der Waals surface area contributed by atoms with E-state index in [-0.39, 0.29) is 42.4 Å². The van der Waals surface area contributed by atoms with Gasteiger partial charge in [0.15, 0.2) is 0 Å². The number of nitrogens with zero attached hydrogens (tertiary/aromatic N) is 1. The molecule has 0 aliphatic heterocycles. The van der Waals surface area contributed by atoms with Crippen LogP contribution in [-0.2, 0) is 11.3 Å². The van der Waals surface area contributed by atoms with Crippen LogP contribution in [0, 0.1) is 17.6 Å². The topological polar surface area (TPSA) is 46.3 Å². The molecule has 1 amide bonds. The first kappa shape index (κ1) is 17.8. The Morgan fingerprint density at radius 1 is 1.37 bits per heavy atom. The van der Waals surface area contributed by atoms with Gasteiger partial charge in [-0.25, -0.2) is 8.78 Å². The van der Waals surface area contributed by atoms with Crippen molar-refractivity contribution in [2.24, 2.45) is 11.7 Å². The average Bonchev–Trinajstić information content (AvgIpc) is 2.30. The number of benzene rings is 1. The van der Waals surface area contributed by atoms with Gasteiger partial charge in [0, 0.05) is 31.3 Å². The highest BCUT2D eigenvalue weighted by Crippen LogP contribution is 2.13. The number of hydrogen-bond acceptors (Lipinski definition) is 2. The van der Waals surface area contributed by atoms with E-state index < -0.39 is 11.6 Å². The largest absolute Gasteiger partial charge is 0.341 e. The van der Waals surface area contributed by atoms with Crippen molar-refractivity contribution >= 4 is 18.3 Å². The Morgan fingerprint density at radius 2 is 1.95 bits per heavy atom. The van der Waals surface area contributed by atoms with Crippen molar-refractivity contribution in [1.82, 2.24) is 4.90 Å². The molecule has 1 aromatic carbocycles. The molecule has 0 saturated heterocycles. The maximum atomic E-state index is 13.4. The number of hydrogen-bond donors (Lipinski definition) is 1. The van der Waals surface area contributed by atoms with Gasteiger partial charge in [-0.15, -0.1) is 12.4 Å². The molecule has 0 aromatic heterocycles. The Hall–Kier alpha value is -1.20. The van der Waals surface area contributed by atoms with E-state index in [1.54, 1.807) is 20.9 Å². The summed E-state index contributed by atoms with van der Waals surface area (Å²) in [6.07, 6.45) is 0. The maximum absolute atomic E-state index is 13.4. The van der Waals surface area contributed by atoms with Crippen molar-refractivity contribution in [3.63, 3.8) is 0 Å². The van der Waals surface area contributed by atoms with Crippen LogP contribution in [0.15, 0.2) is 18.2 Å². The summed E-state index contributed by atoms with van der Waals surface area (Å²) in [6, 6.07) is 3.05. The third kappa shape index (κ3) is 4.76. The highest BCUT2D eigenvalue weighted by molar-refractivity contribution is 5.85. The highest BCUT2D eigenvalue weighted by Gasteiger charge is 2.21. The Labute approximate surface area is 118 Å². The van der Waals surface area contributed by atoms with Crippen LogP contribution in [0.4, 0.5) is 8.78 Å². The Balaban J connectivity index is 0.00000324. The fourth-order valence-electron chi connectivity index (χ4n) is 1.56. The summed E-state index contributed by atoms with van der Waals surface area (Å²) in [5, 5.41) is 0. The average molecular weight is 293 g/mol. The van der Waals surface area contributed by atoms with Gasteiger partial charge in [-0.1, -0.05) is 13.0 Å². The summed E-state index contributed by atoms with van der Waals surface area (Å²) in [5.41, 5.74) is 5.93. The normalized spacial score (nSPS) is 13.4. The zero-order valence-electron chi connectivity index (χ0n) is 11.2. The minimum Gasteiger partial charge on any atom is -0.341 e. The molecule has 1 aromatic rings. The quantitative estimate of drug-likeness (QED) is 0.926. The van der Waals surface area contributed by atoms with E-state index >= 15 is 0 Å². The lowest BCUT2D eigenvalue weighted by Crippen LogP contribution is -2.39. The van der Waals surface area contributed by atoms with Gasteiger partial charge in [0.2, 0.25) is 5.91 Å². The summed E-state index contributed by atoms with van der Waals surface area (Å²) < 4.78 is 26.2. The predicted octanol–water partition coefficient (Wildman–Crippen LogP) is 2.33. The Bertz CT molecular complexity index is 441. The molecule has 3 nitrogen and oxygen atoms in total. The lowest BCUT2D eigenvalue weighted by atomic mass is 10.0. The van der Waals surface area contributed by atoms with Crippen molar-refractivity contribution in [3.05, 3.63) is 35.4 Å². The van der Waals surface area contributed by atoms with Crippen molar-refractivity contribution < 1.29 is 13.6 Å². The maximum Gasteiger partial charge on any atom is 0.226 e. The molecule has 19 heavy (non-hydrogen) atoms. The summed E-state index contributed by atoms with van der Waals surface area (Å²) in [6.45, 7) is 3.57. The van der Waals surface area contributed by atoms with E-state index in [0.29, 0.717) is 0 Å². The van der Waals surface area contributed by atoms with Gasteiger partial charge < -0.3 is 10.6 Å². The standard InChI is InChI=1S/C13H18F2N2O.ClH/c1-8(9(2)16)13(18)17(3)7-10-4-5-11(14)6-12(10)15;/h4-6,8-9H,7,16H2,1-3H3;1H. The van der Waals surface area contributed by atoms with Gasteiger partial charge in [0.05, 0.1) is 5.92 Å². The van der Waals surface area contributed by atoms with E-state index in [4.69, 9.17) is 5.73 Å². The fraction of sp³-hybridized carbons (Fsp3) is 0.462. The molecule has 0 aliphatic carbocycles. The molecule has 0 heterocycles. The first-order chi connectivity index (χ1) is 8.32. The first-order valence-corrected chi connectivity index (χ1v) is 5.77. The second-order valence-electron chi connectivity index (χ2n) is 4.58. The molecule has 0 fully saturated rings. The number of nitrogens with two attached hydrogens (primary N) is 1. The van der Waals surface area contributed by atoms with E-state index in [1.807, 2.05) is 0 Å². The number of amides is 1. The molecular weight excluding hydrogens is 274 g/mol. The number of halogens is 3. The third-order valence-electron chi connectivity index (χ3n) is 2.98. The molecule has 2 unspecified atom stereocenters. The van der Waals surface area contributed by atoms with Gasteiger partial charge in [0.1, 0.15) is 11.6 Å². The van der Waals surface area contributed by atoms with Crippen LogP contribution >= 0.6 is 12.4 Å². The molecule has 0 radical (unpaired) electrons. The molecule has 6 heteroatoms. The van der Waals surface area contributed by atoms with Gasteiger partial charge in [-0.05, 0) is 13.0 Å². The van der Waals surface area contributed by atoms with Crippen LogP contribution in [-0.4, -0.2) is 23.9 Å². The second-order valence-corrected chi connectivity index (χ2v) is 4.58. The summed E-state index contributed by atoms with van der Waals surface area (Å²) in [5.74, 6) is -1.77. The second kappa shape index (κ2) is 7.40. The minimum absolute atomic E-state index is 0. The first-order valence-electron chi connectivity index (χ1n) is 5.77. The predicted molar refractivity (Wildman–Crippen MR) is 72.9 cm³/mol. The molecule has 0 aliphatic rings. The number of carbonyl (C=O) groups is 1. The van der Waals surface area contributed by atoms with E-state index in [9.17, 15) is 13.6 Å². The monoisotopic (exact) mass is 292 g/mol. The highest BCUT2D eigenvalue weighted by atomic mass is 35.5. The molecule has 2 atom stereocenters. The number of carbonyl (C=O) groups excluding carboxylic acids is 1. The van der Waals surface area contributed by atoms with Crippen molar-refractivity contribution in [2.45, 2.75) is 26.4 Å². The van der Waals surface area contributed by atoms with Crippen molar-refractivity contribution in [1.29, 1.82) is 0 Å². The lowest BCUT2D eigenvalue weighted by Gasteiger charge is -2.23. The van der Waals surface area contributed by atoms with E-state index in [0.717, 1.165) is 6.07 Å². The molecular formula is C13H19ClF2N2O. The molecule has 0 spiro atoms. The van der Waals surface area contributed by atoms with Crippen molar-refractivity contribution in [2.75, 3.05) is 7.05 Å². The molecule has 0 bridgehead atoms. The van der Waals surface area contributed by atoms with Crippen LogP contribution in [0.25, 0.3) is 0 Å². The molecule has 2 N–H and O–H groups in total. The van der Waals surface area contributed by atoms with E-state index in [1.165, 1.54) is 17.0 Å². The Kier molecular flexibility index (Phi) is 6.94. The van der Waals surface area contributed by atoms with E-state index in [2.05, 4.69) is 0 Å². The summed E-state index contributed by atoms with van der Waals surface area (Å²) >= 11 is 0.